The largest absolute Gasteiger partial charge is 0.484 e. The van der Waals surface area contributed by atoms with E-state index in [1.165, 1.54) is 0 Å². The van der Waals surface area contributed by atoms with Crippen molar-refractivity contribution in [3.05, 3.63) is 30.3 Å². The van der Waals surface area contributed by atoms with Crippen LogP contribution < -0.4 is 10.1 Å². The number of ether oxygens (including phenoxy) is 2. The summed E-state index contributed by atoms with van der Waals surface area (Å²) in [7, 11) is 0. The van der Waals surface area contributed by atoms with Crippen LogP contribution in [0.3, 0.4) is 0 Å². The summed E-state index contributed by atoms with van der Waals surface area (Å²) in [6.07, 6.45) is 0.548. The Labute approximate surface area is 106 Å². The zero-order valence-electron chi connectivity index (χ0n) is 10.1. The average Bonchev–Trinajstić information content (AvgIpc) is 2.83. The third-order valence-electron chi connectivity index (χ3n) is 2.81. The summed E-state index contributed by atoms with van der Waals surface area (Å²) in [6, 6.07) is 9.12. The number of nitrogens with one attached hydrogen (secondary N) is 1. The SMILES string of the molecule is O=C(COc1ccccc1)NCC1(O)CCOC1. The zero-order valence-corrected chi connectivity index (χ0v) is 10.1. The Balaban J connectivity index is 1.69. The van der Waals surface area contributed by atoms with E-state index in [0.717, 1.165) is 0 Å². The summed E-state index contributed by atoms with van der Waals surface area (Å²) < 4.78 is 10.4. The van der Waals surface area contributed by atoms with Crippen LogP contribution in [0.1, 0.15) is 6.42 Å². The van der Waals surface area contributed by atoms with E-state index in [4.69, 9.17) is 9.47 Å². The topological polar surface area (TPSA) is 67.8 Å². The van der Waals surface area contributed by atoms with E-state index in [1.54, 1.807) is 12.1 Å². The number of para-hydroxylation sites is 1. The molecule has 18 heavy (non-hydrogen) atoms. The first kappa shape index (κ1) is 12.9. The van der Waals surface area contributed by atoms with E-state index in [9.17, 15) is 9.90 Å². The molecule has 2 rings (SSSR count). The molecule has 0 spiro atoms. The van der Waals surface area contributed by atoms with Gasteiger partial charge in [-0.1, -0.05) is 18.2 Å². The number of aliphatic hydroxyl groups is 1. The fourth-order valence-corrected chi connectivity index (χ4v) is 1.72. The molecule has 5 heteroatoms. The quantitative estimate of drug-likeness (QED) is 0.791. The van der Waals surface area contributed by atoms with Gasteiger partial charge in [0.2, 0.25) is 0 Å². The molecule has 1 fully saturated rings. The molecule has 1 atom stereocenters. The van der Waals surface area contributed by atoms with Crippen molar-refractivity contribution in [3.8, 4) is 5.75 Å². The lowest BCUT2D eigenvalue weighted by molar-refractivity contribution is -0.124. The van der Waals surface area contributed by atoms with Crippen LogP contribution in [0, 0.1) is 0 Å². The van der Waals surface area contributed by atoms with Crippen LogP contribution in [0.15, 0.2) is 30.3 Å². The van der Waals surface area contributed by atoms with Gasteiger partial charge in [-0.05, 0) is 12.1 Å². The van der Waals surface area contributed by atoms with Gasteiger partial charge in [0.05, 0.1) is 6.61 Å². The van der Waals surface area contributed by atoms with Gasteiger partial charge in [-0.2, -0.15) is 0 Å². The number of amides is 1. The van der Waals surface area contributed by atoms with Gasteiger partial charge in [0.1, 0.15) is 11.4 Å². The lowest BCUT2D eigenvalue weighted by Gasteiger charge is -2.20. The molecule has 5 nitrogen and oxygen atoms in total. The van der Waals surface area contributed by atoms with E-state index >= 15 is 0 Å². The van der Waals surface area contributed by atoms with E-state index < -0.39 is 5.60 Å². The second-order valence-electron chi connectivity index (χ2n) is 4.41. The minimum Gasteiger partial charge on any atom is -0.484 e. The van der Waals surface area contributed by atoms with Crippen molar-refractivity contribution in [1.82, 2.24) is 5.32 Å². The molecule has 0 radical (unpaired) electrons. The standard InChI is InChI=1S/C13H17NO4/c15-12(8-18-11-4-2-1-3-5-11)14-9-13(16)6-7-17-10-13/h1-5,16H,6-10H2,(H,14,15). The molecule has 1 saturated heterocycles. The van der Waals surface area contributed by atoms with Crippen LogP contribution in [0.25, 0.3) is 0 Å². The molecule has 0 saturated carbocycles. The Bertz CT molecular complexity index is 387. The van der Waals surface area contributed by atoms with E-state index in [1.807, 2.05) is 18.2 Å². The van der Waals surface area contributed by atoms with Crippen molar-refractivity contribution in [1.29, 1.82) is 0 Å². The van der Waals surface area contributed by atoms with Crippen LogP contribution in [0.4, 0.5) is 0 Å². The highest BCUT2D eigenvalue weighted by Gasteiger charge is 2.32. The number of benzene rings is 1. The van der Waals surface area contributed by atoms with E-state index in [2.05, 4.69) is 5.32 Å². The van der Waals surface area contributed by atoms with Crippen molar-refractivity contribution in [2.24, 2.45) is 0 Å². The molecular formula is C13H17NO4. The van der Waals surface area contributed by atoms with Gasteiger partial charge in [-0.15, -0.1) is 0 Å². The first-order chi connectivity index (χ1) is 8.68. The number of hydrogen-bond donors (Lipinski definition) is 2. The fourth-order valence-electron chi connectivity index (χ4n) is 1.72. The van der Waals surface area contributed by atoms with Crippen molar-refractivity contribution in [2.45, 2.75) is 12.0 Å². The molecule has 1 aromatic carbocycles. The highest BCUT2D eigenvalue weighted by atomic mass is 16.5. The van der Waals surface area contributed by atoms with Crippen LogP contribution in [-0.4, -0.2) is 43.0 Å². The number of carbonyl (C=O) groups is 1. The molecule has 1 heterocycles. The summed E-state index contributed by atoms with van der Waals surface area (Å²) in [5.41, 5.74) is -0.928. The third kappa shape index (κ3) is 3.72. The average molecular weight is 251 g/mol. The van der Waals surface area contributed by atoms with Gasteiger partial charge in [0, 0.05) is 19.6 Å². The number of rotatable bonds is 5. The molecule has 1 aliphatic heterocycles. The summed E-state index contributed by atoms with van der Waals surface area (Å²) >= 11 is 0. The molecule has 2 N–H and O–H groups in total. The third-order valence-corrected chi connectivity index (χ3v) is 2.81. The van der Waals surface area contributed by atoms with Crippen LogP contribution in [0.2, 0.25) is 0 Å². The normalized spacial score (nSPS) is 22.7. The van der Waals surface area contributed by atoms with Crippen molar-refractivity contribution in [2.75, 3.05) is 26.4 Å². The first-order valence-electron chi connectivity index (χ1n) is 5.93. The van der Waals surface area contributed by atoms with Gasteiger partial charge in [-0.3, -0.25) is 4.79 Å². The Morgan fingerprint density at radius 1 is 1.44 bits per heavy atom. The van der Waals surface area contributed by atoms with Crippen LogP contribution in [0.5, 0.6) is 5.75 Å². The maximum Gasteiger partial charge on any atom is 0.258 e. The monoisotopic (exact) mass is 251 g/mol. The minimum absolute atomic E-state index is 0.0546. The predicted octanol–water partition coefficient (Wildman–Crippen LogP) is 0.333. The molecule has 1 unspecified atom stereocenters. The Hall–Kier alpha value is -1.59. The zero-order chi connectivity index (χ0) is 12.8. The lowest BCUT2D eigenvalue weighted by Crippen LogP contribution is -2.44. The Morgan fingerprint density at radius 2 is 2.22 bits per heavy atom. The second kappa shape index (κ2) is 5.84. The van der Waals surface area contributed by atoms with Crippen LogP contribution >= 0.6 is 0 Å². The molecular weight excluding hydrogens is 234 g/mol. The summed E-state index contributed by atoms with van der Waals surface area (Å²) in [5, 5.41) is 12.6. The van der Waals surface area contributed by atoms with Crippen molar-refractivity contribution < 1.29 is 19.4 Å². The van der Waals surface area contributed by atoms with Gasteiger partial charge < -0.3 is 19.9 Å². The van der Waals surface area contributed by atoms with Crippen LogP contribution in [-0.2, 0) is 9.53 Å². The molecule has 1 amide bonds. The maximum atomic E-state index is 11.5. The fraction of sp³-hybridized carbons (Fsp3) is 0.462. The maximum absolute atomic E-state index is 11.5. The van der Waals surface area contributed by atoms with E-state index in [-0.39, 0.29) is 25.7 Å². The van der Waals surface area contributed by atoms with Crippen molar-refractivity contribution >= 4 is 5.91 Å². The second-order valence-corrected chi connectivity index (χ2v) is 4.41. The lowest BCUT2D eigenvalue weighted by atomic mass is 10.0. The molecule has 0 aromatic heterocycles. The molecule has 0 aliphatic carbocycles. The smallest absolute Gasteiger partial charge is 0.258 e. The minimum atomic E-state index is -0.928. The highest BCUT2D eigenvalue weighted by molar-refractivity contribution is 5.77. The van der Waals surface area contributed by atoms with Gasteiger partial charge >= 0.3 is 0 Å². The number of carbonyl (C=O) groups excluding carboxylic acids is 1. The Kier molecular flexibility index (Phi) is 4.17. The highest BCUT2D eigenvalue weighted by Crippen LogP contribution is 2.16. The van der Waals surface area contributed by atoms with Gasteiger partial charge in [0.25, 0.3) is 5.91 Å². The van der Waals surface area contributed by atoms with Gasteiger partial charge in [0.15, 0.2) is 6.61 Å². The summed E-state index contributed by atoms with van der Waals surface area (Å²) in [5.74, 6) is 0.398. The van der Waals surface area contributed by atoms with E-state index in [0.29, 0.717) is 18.8 Å². The van der Waals surface area contributed by atoms with Crippen molar-refractivity contribution in [3.63, 3.8) is 0 Å². The van der Waals surface area contributed by atoms with Gasteiger partial charge in [-0.25, -0.2) is 0 Å². The predicted molar refractivity (Wildman–Crippen MR) is 65.3 cm³/mol. The summed E-state index contributed by atoms with van der Waals surface area (Å²) in [6.45, 7) is 0.949. The first-order valence-corrected chi connectivity index (χ1v) is 5.93. The molecule has 1 aromatic rings. The molecule has 1 aliphatic rings. The summed E-state index contributed by atoms with van der Waals surface area (Å²) in [4.78, 5) is 11.5. The number of hydrogen-bond acceptors (Lipinski definition) is 4. The molecule has 98 valence electrons. The Morgan fingerprint density at radius 3 is 2.89 bits per heavy atom. The molecule has 0 bridgehead atoms.